The second kappa shape index (κ2) is 7.47. The monoisotopic (exact) mass is 325 g/mol. The molecule has 0 spiro atoms. The number of guanidine groups is 1. The molecule has 2 aromatic carbocycles. The maximum Gasteiger partial charge on any atom is 0.191 e. The highest BCUT2D eigenvalue weighted by Crippen LogP contribution is 2.33. The predicted octanol–water partition coefficient (Wildman–Crippen LogP) is 3.18. The highest BCUT2D eigenvalue weighted by atomic mass is 19.1. The molecule has 4 heteroatoms. The predicted molar refractivity (Wildman–Crippen MR) is 97.1 cm³/mol. The minimum absolute atomic E-state index is 0.178. The summed E-state index contributed by atoms with van der Waals surface area (Å²) in [6, 6.07) is 13.6. The third-order valence-corrected chi connectivity index (χ3v) is 4.69. The van der Waals surface area contributed by atoms with E-state index in [0.717, 1.165) is 43.0 Å². The minimum atomic E-state index is -0.178. The van der Waals surface area contributed by atoms with Gasteiger partial charge in [-0.05, 0) is 54.2 Å². The van der Waals surface area contributed by atoms with Gasteiger partial charge in [-0.15, -0.1) is 0 Å². The molecule has 0 aliphatic heterocycles. The van der Waals surface area contributed by atoms with Crippen LogP contribution in [0.25, 0.3) is 0 Å². The van der Waals surface area contributed by atoms with Crippen LogP contribution in [0, 0.1) is 12.7 Å². The first-order valence-corrected chi connectivity index (χ1v) is 8.44. The van der Waals surface area contributed by atoms with Crippen LogP contribution in [0.2, 0.25) is 0 Å². The highest BCUT2D eigenvalue weighted by molar-refractivity contribution is 5.79. The zero-order valence-corrected chi connectivity index (χ0v) is 14.3. The van der Waals surface area contributed by atoms with E-state index >= 15 is 0 Å². The number of hydrogen-bond acceptors (Lipinski definition) is 1. The summed E-state index contributed by atoms with van der Waals surface area (Å²) >= 11 is 0. The average Bonchev–Trinajstić information content (AvgIpc) is 2.56. The van der Waals surface area contributed by atoms with E-state index in [1.165, 1.54) is 17.2 Å². The van der Waals surface area contributed by atoms with Crippen LogP contribution in [0.4, 0.5) is 4.39 Å². The molecule has 126 valence electrons. The first-order valence-electron chi connectivity index (χ1n) is 8.44. The Morgan fingerprint density at radius 1 is 1.21 bits per heavy atom. The number of fused-ring (bicyclic) bond motifs is 1. The molecule has 0 heterocycles. The summed E-state index contributed by atoms with van der Waals surface area (Å²) in [6.07, 6.45) is 1.98. The van der Waals surface area contributed by atoms with Crippen LogP contribution in [0.3, 0.4) is 0 Å². The molecular formula is C20H24FN3. The number of aryl methyl sites for hydroxylation is 1. The molecule has 0 saturated heterocycles. The van der Waals surface area contributed by atoms with Gasteiger partial charge in [-0.3, -0.25) is 4.99 Å². The van der Waals surface area contributed by atoms with Crippen molar-refractivity contribution >= 4 is 5.96 Å². The molecule has 3 nitrogen and oxygen atoms in total. The Morgan fingerprint density at radius 3 is 2.79 bits per heavy atom. The molecule has 2 aromatic rings. The van der Waals surface area contributed by atoms with Gasteiger partial charge in [0.2, 0.25) is 0 Å². The standard InChI is InChI=1S/C20H24FN3/c1-14-11-18(21)8-7-15(14)9-10-23-20(22-2)24-13-17-12-16-5-3-4-6-19(16)17/h3-8,11,17H,9-10,12-13H2,1-2H3,(H2,22,23,24). The van der Waals surface area contributed by atoms with Gasteiger partial charge in [0, 0.05) is 26.1 Å². The fraction of sp³-hybridized carbons (Fsp3) is 0.350. The van der Waals surface area contributed by atoms with Gasteiger partial charge in [0.25, 0.3) is 0 Å². The van der Waals surface area contributed by atoms with Crippen molar-refractivity contribution in [2.75, 3.05) is 20.1 Å². The van der Waals surface area contributed by atoms with E-state index < -0.39 is 0 Å². The Kier molecular flexibility index (Phi) is 5.14. The topological polar surface area (TPSA) is 36.4 Å². The summed E-state index contributed by atoms with van der Waals surface area (Å²) in [5.74, 6) is 1.21. The lowest BCUT2D eigenvalue weighted by molar-refractivity contribution is 0.584. The highest BCUT2D eigenvalue weighted by Gasteiger charge is 2.25. The van der Waals surface area contributed by atoms with Gasteiger partial charge in [-0.1, -0.05) is 30.3 Å². The normalized spacial score (nSPS) is 16.3. The molecule has 1 unspecified atom stereocenters. The fourth-order valence-corrected chi connectivity index (χ4v) is 3.24. The fourth-order valence-electron chi connectivity index (χ4n) is 3.24. The number of halogens is 1. The van der Waals surface area contributed by atoms with E-state index in [4.69, 9.17) is 0 Å². The van der Waals surface area contributed by atoms with Crippen LogP contribution in [0.1, 0.15) is 28.2 Å². The van der Waals surface area contributed by atoms with Crippen molar-refractivity contribution < 1.29 is 4.39 Å². The first kappa shape index (κ1) is 16.5. The van der Waals surface area contributed by atoms with E-state index in [2.05, 4.69) is 39.9 Å². The third kappa shape index (κ3) is 3.75. The molecule has 24 heavy (non-hydrogen) atoms. The smallest absolute Gasteiger partial charge is 0.191 e. The summed E-state index contributed by atoms with van der Waals surface area (Å²) in [6.45, 7) is 3.61. The Bertz CT molecular complexity index is 739. The van der Waals surface area contributed by atoms with Crippen LogP contribution >= 0.6 is 0 Å². The van der Waals surface area contributed by atoms with Crippen LogP contribution in [0.15, 0.2) is 47.5 Å². The molecule has 0 radical (unpaired) electrons. The zero-order chi connectivity index (χ0) is 16.9. The van der Waals surface area contributed by atoms with E-state index in [1.54, 1.807) is 13.1 Å². The van der Waals surface area contributed by atoms with Gasteiger partial charge < -0.3 is 10.6 Å². The van der Waals surface area contributed by atoms with Crippen molar-refractivity contribution in [2.45, 2.75) is 25.7 Å². The quantitative estimate of drug-likeness (QED) is 0.654. The number of nitrogens with one attached hydrogen (secondary N) is 2. The minimum Gasteiger partial charge on any atom is -0.356 e. The van der Waals surface area contributed by atoms with Crippen molar-refractivity contribution in [1.29, 1.82) is 0 Å². The Balaban J connectivity index is 1.44. The molecule has 0 aromatic heterocycles. The first-order chi connectivity index (χ1) is 11.7. The van der Waals surface area contributed by atoms with E-state index in [-0.39, 0.29) is 5.82 Å². The molecule has 0 saturated carbocycles. The SMILES string of the molecule is CN=C(NCCc1ccc(F)cc1C)NCC1Cc2ccccc21. The maximum atomic E-state index is 13.1. The van der Waals surface area contributed by atoms with Gasteiger partial charge in [0.15, 0.2) is 5.96 Å². The number of aliphatic imine (C=N–C) groups is 1. The second-order valence-electron chi connectivity index (χ2n) is 6.30. The van der Waals surface area contributed by atoms with Gasteiger partial charge in [0.1, 0.15) is 5.82 Å². The Labute approximate surface area is 143 Å². The van der Waals surface area contributed by atoms with Crippen LogP contribution in [0.5, 0.6) is 0 Å². The lowest BCUT2D eigenvalue weighted by Crippen LogP contribution is -2.41. The largest absolute Gasteiger partial charge is 0.356 e. The molecule has 0 amide bonds. The van der Waals surface area contributed by atoms with E-state index in [0.29, 0.717) is 5.92 Å². The maximum absolute atomic E-state index is 13.1. The van der Waals surface area contributed by atoms with Gasteiger partial charge >= 0.3 is 0 Å². The molecule has 0 fully saturated rings. The summed E-state index contributed by atoms with van der Waals surface area (Å²) in [5, 5.41) is 6.73. The van der Waals surface area contributed by atoms with Crippen molar-refractivity contribution in [3.63, 3.8) is 0 Å². The summed E-state index contributed by atoms with van der Waals surface area (Å²) in [5.41, 5.74) is 5.06. The molecular weight excluding hydrogens is 301 g/mol. The van der Waals surface area contributed by atoms with Crippen molar-refractivity contribution in [1.82, 2.24) is 10.6 Å². The number of benzene rings is 2. The molecule has 3 rings (SSSR count). The van der Waals surface area contributed by atoms with Crippen LogP contribution < -0.4 is 10.6 Å². The van der Waals surface area contributed by atoms with Crippen LogP contribution in [-0.4, -0.2) is 26.1 Å². The Morgan fingerprint density at radius 2 is 2.04 bits per heavy atom. The molecule has 1 aliphatic carbocycles. The van der Waals surface area contributed by atoms with E-state index in [9.17, 15) is 4.39 Å². The lowest BCUT2D eigenvalue weighted by atomic mass is 9.78. The average molecular weight is 325 g/mol. The molecule has 2 N–H and O–H groups in total. The Hall–Kier alpha value is -2.36. The molecule has 1 atom stereocenters. The van der Waals surface area contributed by atoms with Crippen molar-refractivity contribution in [2.24, 2.45) is 4.99 Å². The molecule has 1 aliphatic rings. The number of hydrogen-bond donors (Lipinski definition) is 2. The second-order valence-corrected chi connectivity index (χ2v) is 6.30. The zero-order valence-electron chi connectivity index (χ0n) is 14.3. The summed E-state index contributed by atoms with van der Waals surface area (Å²) in [4.78, 5) is 4.28. The van der Waals surface area contributed by atoms with Crippen molar-refractivity contribution in [3.8, 4) is 0 Å². The van der Waals surface area contributed by atoms with Crippen LogP contribution in [-0.2, 0) is 12.8 Å². The van der Waals surface area contributed by atoms with Gasteiger partial charge in [-0.2, -0.15) is 0 Å². The number of rotatable bonds is 5. The third-order valence-electron chi connectivity index (χ3n) is 4.69. The number of nitrogens with zero attached hydrogens (tertiary/aromatic N) is 1. The summed E-state index contributed by atoms with van der Waals surface area (Å²) < 4.78 is 13.1. The van der Waals surface area contributed by atoms with Gasteiger partial charge in [0.05, 0.1) is 0 Å². The molecule has 0 bridgehead atoms. The van der Waals surface area contributed by atoms with Crippen molar-refractivity contribution in [3.05, 3.63) is 70.5 Å². The van der Waals surface area contributed by atoms with E-state index in [1.807, 2.05) is 13.0 Å². The van der Waals surface area contributed by atoms with Gasteiger partial charge in [-0.25, -0.2) is 4.39 Å². The summed E-state index contributed by atoms with van der Waals surface area (Å²) in [7, 11) is 1.78. The lowest BCUT2D eigenvalue weighted by Gasteiger charge is -2.30.